The Labute approximate surface area is 117 Å². The van der Waals surface area contributed by atoms with E-state index in [4.69, 9.17) is 14.9 Å². The van der Waals surface area contributed by atoms with Crippen LogP contribution in [0.3, 0.4) is 0 Å². The molecule has 2 rings (SSSR count). The smallest absolute Gasteiger partial charge is 0.120 e. The summed E-state index contributed by atoms with van der Waals surface area (Å²) in [5, 5.41) is 18.2. The van der Waals surface area contributed by atoms with Gasteiger partial charge >= 0.3 is 0 Å². The molecular formula is C17H14O3. The largest absolute Gasteiger partial charge is 0.508 e. The Hall–Kier alpha value is -2.86. The summed E-state index contributed by atoms with van der Waals surface area (Å²) in [6.45, 7) is 0.412. The van der Waals surface area contributed by atoms with Gasteiger partial charge in [-0.25, -0.2) is 0 Å². The Morgan fingerprint density at radius 3 is 2.15 bits per heavy atom. The van der Waals surface area contributed by atoms with E-state index in [9.17, 15) is 0 Å². The maximum absolute atomic E-state index is 9.13. The molecule has 100 valence electrons. The van der Waals surface area contributed by atoms with Gasteiger partial charge in [-0.2, -0.15) is 0 Å². The Morgan fingerprint density at radius 1 is 0.900 bits per heavy atom. The molecule has 3 heteroatoms. The summed E-state index contributed by atoms with van der Waals surface area (Å²) < 4.78 is 5.43. The Morgan fingerprint density at radius 2 is 1.50 bits per heavy atom. The minimum atomic E-state index is 0.215. The van der Waals surface area contributed by atoms with Crippen LogP contribution in [0.1, 0.15) is 5.56 Å². The fourth-order valence-electron chi connectivity index (χ4n) is 1.46. The van der Waals surface area contributed by atoms with Crippen molar-refractivity contribution >= 4 is 0 Å². The van der Waals surface area contributed by atoms with Crippen LogP contribution in [-0.2, 0) is 0 Å². The van der Waals surface area contributed by atoms with Crippen LogP contribution < -0.4 is 4.74 Å². The van der Waals surface area contributed by atoms with Crippen LogP contribution in [0.2, 0.25) is 0 Å². The molecule has 0 heterocycles. The van der Waals surface area contributed by atoms with Gasteiger partial charge in [-0.3, -0.25) is 0 Å². The fourth-order valence-corrected chi connectivity index (χ4v) is 1.46. The molecule has 0 bridgehead atoms. The molecule has 0 atom stereocenters. The molecule has 0 aliphatic carbocycles. The normalized spacial score (nSPS) is 10.0. The van der Waals surface area contributed by atoms with Crippen molar-refractivity contribution in [1.29, 1.82) is 0 Å². The van der Waals surface area contributed by atoms with Crippen LogP contribution in [0.4, 0.5) is 0 Å². The number of phenolic OH excluding ortho intramolecular Hbond substituents is 2. The fraction of sp³-hybridized carbons (Fsp3) is 0.0588. The van der Waals surface area contributed by atoms with E-state index >= 15 is 0 Å². The number of hydrogen-bond acceptors (Lipinski definition) is 3. The summed E-state index contributed by atoms with van der Waals surface area (Å²) in [6.07, 6.45) is 3.52. The van der Waals surface area contributed by atoms with Crippen molar-refractivity contribution in [2.24, 2.45) is 0 Å². The van der Waals surface area contributed by atoms with Gasteiger partial charge in [-0.1, -0.05) is 11.8 Å². The topological polar surface area (TPSA) is 49.7 Å². The molecule has 2 N–H and O–H groups in total. The first-order chi connectivity index (χ1) is 9.74. The van der Waals surface area contributed by atoms with E-state index in [2.05, 4.69) is 11.8 Å². The molecule has 20 heavy (non-hydrogen) atoms. The van der Waals surface area contributed by atoms with Crippen molar-refractivity contribution in [2.75, 3.05) is 6.61 Å². The zero-order valence-electron chi connectivity index (χ0n) is 10.8. The van der Waals surface area contributed by atoms with Gasteiger partial charge in [0, 0.05) is 5.56 Å². The molecule has 0 radical (unpaired) electrons. The highest BCUT2D eigenvalue weighted by Crippen LogP contribution is 2.15. The second-order valence-electron chi connectivity index (χ2n) is 4.02. The van der Waals surface area contributed by atoms with Gasteiger partial charge in [0.25, 0.3) is 0 Å². The standard InChI is InChI=1S/C17H14O3/c18-15-7-5-14(6-8-15)4-2-1-3-13-20-17-11-9-16(19)10-12-17/h1,3,5-12,18-19H,13H2/b3-1-. The van der Waals surface area contributed by atoms with Gasteiger partial charge in [0.15, 0.2) is 0 Å². The molecule has 2 aromatic carbocycles. The molecule has 0 saturated carbocycles. The highest BCUT2D eigenvalue weighted by molar-refractivity contribution is 5.39. The molecule has 0 fully saturated rings. The van der Waals surface area contributed by atoms with E-state index in [1.807, 2.05) is 0 Å². The first kappa shape index (κ1) is 13.6. The second-order valence-corrected chi connectivity index (χ2v) is 4.02. The minimum absolute atomic E-state index is 0.215. The number of hydrogen-bond donors (Lipinski definition) is 2. The van der Waals surface area contributed by atoms with Gasteiger partial charge in [0.2, 0.25) is 0 Å². The van der Waals surface area contributed by atoms with E-state index in [1.165, 1.54) is 0 Å². The lowest BCUT2D eigenvalue weighted by molar-refractivity contribution is 0.362. The maximum atomic E-state index is 9.13. The monoisotopic (exact) mass is 266 g/mol. The summed E-state index contributed by atoms with van der Waals surface area (Å²) in [6, 6.07) is 13.2. The molecule has 0 unspecified atom stereocenters. The zero-order valence-corrected chi connectivity index (χ0v) is 10.8. The van der Waals surface area contributed by atoms with Crippen molar-refractivity contribution in [3.63, 3.8) is 0 Å². The Kier molecular flexibility index (Phi) is 4.69. The molecule has 0 spiro atoms. The SMILES string of the molecule is Oc1ccc(C#C/C=C\COc2ccc(O)cc2)cc1. The Balaban J connectivity index is 1.80. The van der Waals surface area contributed by atoms with Crippen LogP contribution >= 0.6 is 0 Å². The molecule has 0 aromatic heterocycles. The van der Waals surface area contributed by atoms with Crippen molar-refractivity contribution in [3.05, 3.63) is 66.2 Å². The average Bonchev–Trinajstić information content (AvgIpc) is 2.46. The van der Waals surface area contributed by atoms with E-state index in [1.54, 1.807) is 60.7 Å². The van der Waals surface area contributed by atoms with Crippen LogP contribution in [0.15, 0.2) is 60.7 Å². The lowest BCUT2D eigenvalue weighted by Crippen LogP contribution is -1.92. The summed E-state index contributed by atoms with van der Waals surface area (Å²) >= 11 is 0. The number of aromatic hydroxyl groups is 2. The van der Waals surface area contributed by atoms with Crippen molar-refractivity contribution in [3.8, 4) is 29.1 Å². The van der Waals surface area contributed by atoms with Crippen molar-refractivity contribution in [2.45, 2.75) is 0 Å². The van der Waals surface area contributed by atoms with E-state index < -0.39 is 0 Å². The van der Waals surface area contributed by atoms with Crippen molar-refractivity contribution < 1.29 is 14.9 Å². The number of ether oxygens (including phenoxy) is 1. The first-order valence-electron chi connectivity index (χ1n) is 6.11. The lowest BCUT2D eigenvalue weighted by atomic mass is 10.2. The first-order valence-corrected chi connectivity index (χ1v) is 6.11. The van der Waals surface area contributed by atoms with E-state index in [0.29, 0.717) is 12.4 Å². The summed E-state index contributed by atoms with van der Waals surface area (Å²) in [7, 11) is 0. The minimum Gasteiger partial charge on any atom is -0.508 e. The quantitative estimate of drug-likeness (QED) is 0.839. The molecule has 0 aliphatic heterocycles. The van der Waals surface area contributed by atoms with Gasteiger partial charge in [-0.05, 0) is 60.7 Å². The molecule has 3 nitrogen and oxygen atoms in total. The van der Waals surface area contributed by atoms with Crippen LogP contribution in [0.5, 0.6) is 17.2 Å². The van der Waals surface area contributed by atoms with Crippen molar-refractivity contribution in [1.82, 2.24) is 0 Å². The molecular weight excluding hydrogens is 252 g/mol. The number of benzene rings is 2. The highest BCUT2D eigenvalue weighted by atomic mass is 16.5. The third-order valence-corrected chi connectivity index (χ3v) is 2.47. The summed E-state index contributed by atoms with van der Waals surface area (Å²) in [5.41, 5.74) is 0.840. The predicted molar refractivity (Wildman–Crippen MR) is 77.7 cm³/mol. The number of phenols is 2. The molecule has 0 amide bonds. The van der Waals surface area contributed by atoms with Crippen LogP contribution in [0, 0.1) is 11.8 Å². The van der Waals surface area contributed by atoms with Gasteiger partial charge in [0.05, 0.1) is 0 Å². The van der Waals surface area contributed by atoms with Crippen LogP contribution in [-0.4, -0.2) is 16.8 Å². The average molecular weight is 266 g/mol. The number of allylic oxidation sites excluding steroid dienone is 1. The molecule has 0 aliphatic rings. The van der Waals surface area contributed by atoms with Gasteiger partial charge in [0.1, 0.15) is 23.9 Å². The van der Waals surface area contributed by atoms with E-state index in [0.717, 1.165) is 5.56 Å². The number of rotatable bonds is 3. The summed E-state index contributed by atoms with van der Waals surface area (Å²) in [5.74, 6) is 6.96. The predicted octanol–water partition coefficient (Wildman–Crippen LogP) is 3.08. The highest BCUT2D eigenvalue weighted by Gasteiger charge is 1.91. The van der Waals surface area contributed by atoms with Gasteiger partial charge < -0.3 is 14.9 Å². The van der Waals surface area contributed by atoms with E-state index in [-0.39, 0.29) is 11.5 Å². The second kappa shape index (κ2) is 6.91. The summed E-state index contributed by atoms with van der Waals surface area (Å²) in [4.78, 5) is 0. The van der Waals surface area contributed by atoms with Crippen LogP contribution in [0.25, 0.3) is 0 Å². The maximum Gasteiger partial charge on any atom is 0.120 e. The zero-order chi connectivity index (χ0) is 14.2. The lowest BCUT2D eigenvalue weighted by Gasteiger charge is -2.01. The third kappa shape index (κ3) is 4.43. The Bertz CT molecular complexity index is 629. The molecule has 2 aromatic rings. The van der Waals surface area contributed by atoms with Gasteiger partial charge in [-0.15, -0.1) is 0 Å². The third-order valence-electron chi connectivity index (χ3n) is 2.47. The molecule has 0 saturated heterocycles.